The van der Waals surface area contributed by atoms with Gasteiger partial charge in [0.1, 0.15) is 0 Å². The van der Waals surface area contributed by atoms with E-state index in [1.807, 2.05) is 0 Å². The molecule has 1 atom stereocenters. The summed E-state index contributed by atoms with van der Waals surface area (Å²) in [7, 11) is 1.12. The van der Waals surface area contributed by atoms with Crippen LogP contribution in [0.4, 0.5) is 0 Å². The molecule has 0 spiro atoms. The summed E-state index contributed by atoms with van der Waals surface area (Å²) in [6.07, 6.45) is 1.39. The minimum absolute atomic E-state index is 0. The maximum atomic E-state index is 2.31. The van der Waals surface area contributed by atoms with Gasteiger partial charge in [-0.25, -0.2) is 0 Å². The third-order valence-electron chi connectivity index (χ3n) is 1.04. The Bertz CT molecular complexity index is 73.8. The summed E-state index contributed by atoms with van der Waals surface area (Å²) in [5.74, 6) is 0.877. The predicted molar refractivity (Wildman–Crippen MR) is 53.5 cm³/mol. The molecule has 0 fully saturated rings. The average Bonchev–Trinajstić information content (AvgIpc) is 1.59. The molecule has 0 saturated carbocycles. The lowest BCUT2D eigenvalue weighted by Crippen LogP contribution is -2.07. The lowest BCUT2D eigenvalue weighted by Gasteiger charge is -2.19. The molecule has 0 aromatic heterocycles. The fraction of sp³-hybridized carbons (Fsp3) is 1.00. The standard InChI is InChI=1S/C8H19P.B/c1-7(2)6-9-8(3,4)5;/h7,9H,6H2,1-5H3;. The van der Waals surface area contributed by atoms with Crippen LogP contribution in [-0.2, 0) is 0 Å². The van der Waals surface area contributed by atoms with E-state index in [1.54, 1.807) is 0 Å². The quantitative estimate of drug-likeness (QED) is 0.427. The Morgan fingerprint density at radius 2 is 1.60 bits per heavy atom. The maximum Gasteiger partial charge on any atom is 0 e. The Hall–Kier alpha value is 0.495. The van der Waals surface area contributed by atoms with E-state index >= 15 is 0 Å². The van der Waals surface area contributed by atoms with Gasteiger partial charge in [0.2, 0.25) is 0 Å². The molecular weight excluding hydrogens is 138 g/mol. The molecule has 0 amide bonds. The van der Waals surface area contributed by atoms with Crippen LogP contribution >= 0.6 is 8.58 Å². The largest absolute Gasteiger partial charge is 0.116 e. The van der Waals surface area contributed by atoms with Gasteiger partial charge < -0.3 is 0 Å². The van der Waals surface area contributed by atoms with Crippen LogP contribution < -0.4 is 0 Å². The van der Waals surface area contributed by atoms with Gasteiger partial charge >= 0.3 is 0 Å². The molecule has 1 unspecified atom stereocenters. The topological polar surface area (TPSA) is 0 Å². The van der Waals surface area contributed by atoms with Crippen molar-refractivity contribution in [2.45, 2.75) is 39.8 Å². The summed E-state index contributed by atoms with van der Waals surface area (Å²) in [4.78, 5) is 0. The third kappa shape index (κ3) is 11.3. The summed E-state index contributed by atoms with van der Waals surface area (Å²) in [5.41, 5.74) is 0. The van der Waals surface area contributed by atoms with Crippen molar-refractivity contribution in [3.63, 3.8) is 0 Å². The van der Waals surface area contributed by atoms with Gasteiger partial charge in [0, 0.05) is 8.41 Å². The molecule has 0 rings (SSSR count). The zero-order valence-electron chi connectivity index (χ0n) is 7.86. The molecule has 0 aliphatic carbocycles. The van der Waals surface area contributed by atoms with Crippen LogP contribution in [0.25, 0.3) is 0 Å². The second-order valence-electron chi connectivity index (χ2n) is 4.02. The average molecular weight is 157 g/mol. The van der Waals surface area contributed by atoms with E-state index in [-0.39, 0.29) is 8.41 Å². The second kappa shape index (κ2) is 5.19. The van der Waals surface area contributed by atoms with Gasteiger partial charge in [-0.3, -0.25) is 0 Å². The molecule has 0 aromatic rings. The molecule has 10 heavy (non-hydrogen) atoms. The van der Waals surface area contributed by atoms with E-state index < -0.39 is 0 Å². The van der Waals surface area contributed by atoms with Gasteiger partial charge in [0.25, 0.3) is 0 Å². The van der Waals surface area contributed by atoms with Crippen molar-refractivity contribution >= 4 is 17.0 Å². The SMILES string of the molecule is CC(C)CPC(C)(C)C.[B]. The minimum atomic E-state index is 0. The molecule has 0 bridgehead atoms. The van der Waals surface area contributed by atoms with Crippen LogP contribution in [0.2, 0.25) is 0 Å². The normalized spacial score (nSPS) is 12.6. The van der Waals surface area contributed by atoms with Crippen LogP contribution in [-0.4, -0.2) is 19.7 Å². The zero-order valence-corrected chi connectivity index (χ0v) is 8.86. The van der Waals surface area contributed by atoms with Gasteiger partial charge in [-0.15, -0.1) is 8.58 Å². The van der Waals surface area contributed by atoms with E-state index in [9.17, 15) is 0 Å². The zero-order chi connectivity index (χ0) is 7.49. The summed E-state index contributed by atoms with van der Waals surface area (Å²) < 4.78 is 0. The minimum Gasteiger partial charge on any atom is -0.116 e. The van der Waals surface area contributed by atoms with Crippen LogP contribution in [0, 0.1) is 5.92 Å². The lowest BCUT2D eigenvalue weighted by atomic mass is 10.2. The highest BCUT2D eigenvalue weighted by Gasteiger charge is 2.09. The Morgan fingerprint density at radius 1 is 1.20 bits per heavy atom. The van der Waals surface area contributed by atoms with Gasteiger partial charge in [-0.1, -0.05) is 34.6 Å². The van der Waals surface area contributed by atoms with E-state index in [0.29, 0.717) is 5.16 Å². The summed E-state index contributed by atoms with van der Waals surface area (Å²) in [6.45, 7) is 11.5. The molecule has 59 valence electrons. The highest BCUT2D eigenvalue weighted by Crippen LogP contribution is 2.31. The molecule has 0 aromatic carbocycles. The van der Waals surface area contributed by atoms with E-state index in [1.165, 1.54) is 6.16 Å². The van der Waals surface area contributed by atoms with Gasteiger partial charge in [0.15, 0.2) is 0 Å². The van der Waals surface area contributed by atoms with Gasteiger partial charge in [0.05, 0.1) is 0 Å². The number of hydrogen-bond donors (Lipinski definition) is 0. The first kappa shape index (κ1) is 13.1. The smallest absolute Gasteiger partial charge is 0 e. The first-order valence-electron chi connectivity index (χ1n) is 3.67. The first-order chi connectivity index (χ1) is 3.92. The first-order valence-corrected chi connectivity index (χ1v) is 4.87. The van der Waals surface area contributed by atoms with Crippen molar-refractivity contribution in [2.24, 2.45) is 5.92 Å². The molecule has 0 aliphatic heterocycles. The van der Waals surface area contributed by atoms with Crippen molar-refractivity contribution < 1.29 is 0 Å². The molecule has 0 N–H and O–H groups in total. The predicted octanol–water partition coefficient (Wildman–Crippen LogP) is 2.74. The van der Waals surface area contributed by atoms with Crippen LogP contribution in [0.5, 0.6) is 0 Å². The molecule has 2 heteroatoms. The Morgan fingerprint density at radius 3 is 1.70 bits per heavy atom. The van der Waals surface area contributed by atoms with Crippen molar-refractivity contribution in [3.05, 3.63) is 0 Å². The van der Waals surface area contributed by atoms with Crippen molar-refractivity contribution in [1.82, 2.24) is 0 Å². The lowest BCUT2D eigenvalue weighted by molar-refractivity contribution is 0.724. The number of rotatable bonds is 2. The fourth-order valence-corrected chi connectivity index (χ4v) is 1.53. The molecule has 0 aliphatic rings. The molecule has 0 nitrogen and oxygen atoms in total. The van der Waals surface area contributed by atoms with Crippen molar-refractivity contribution in [3.8, 4) is 0 Å². The third-order valence-corrected chi connectivity index (χ3v) is 3.12. The highest BCUT2D eigenvalue weighted by atomic mass is 31.1. The maximum absolute atomic E-state index is 2.31. The van der Waals surface area contributed by atoms with Crippen LogP contribution in [0.15, 0.2) is 0 Å². The van der Waals surface area contributed by atoms with Gasteiger partial charge in [-0.2, -0.15) is 0 Å². The Balaban J connectivity index is 0. The van der Waals surface area contributed by atoms with Crippen LogP contribution in [0.1, 0.15) is 34.6 Å². The van der Waals surface area contributed by atoms with Gasteiger partial charge in [-0.05, 0) is 17.2 Å². The van der Waals surface area contributed by atoms with E-state index in [0.717, 1.165) is 14.5 Å². The summed E-state index contributed by atoms with van der Waals surface area (Å²) >= 11 is 0. The van der Waals surface area contributed by atoms with E-state index in [4.69, 9.17) is 0 Å². The summed E-state index contributed by atoms with van der Waals surface area (Å²) in [6, 6.07) is 0. The molecule has 3 radical (unpaired) electrons. The van der Waals surface area contributed by atoms with Crippen molar-refractivity contribution in [1.29, 1.82) is 0 Å². The molecule has 0 saturated heterocycles. The van der Waals surface area contributed by atoms with E-state index in [2.05, 4.69) is 34.6 Å². The Kier molecular flexibility index (Phi) is 6.80. The molecular formula is C8H19BP. The van der Waals surface area contributed by atoms with Crippen molar-refractivity contribution in [2.75, 3.05) is 6.16 Å². The monoisotopic (exact) mass is 157 g/mol. The summed E-state index contributed by atoms with van der Waals surface area (Å²) in [5, 5.41) is 0.560. The Labute approximate surface area is 69.5 Å². The van der Waals surface area contributed by atoms with Crippen LogP contribution in [0.3, 0.4) is 0 Å². The second-order valence-corrected chi connectivity index (χ2v) is 6.29. The fourth-order valence-electron chi connectivity index (χ4n) is 0.510. The molecule has 0 heterocycles. The number of hydrogen-bond acceptors (Lipinski definition) is 0. The highest BCUT2D eigenvalue weighted by molar-refractivity contribution is 7.39.